The Morgan fingerprint density at radius 1 is 1.12 bits per heavy atom. The van der Waals surface area contributed by atoms with E-state index in [-0.39, 0.29) is 11.7 Å². The Bertz CT molecular complexity index is 774. The molecule has 0 saturated carbocycles. The number of carbonyl (C=O) groups is 2. The Morgan fingerprint density at radius 2 is 1.76 bits per heavy atom. The van der Waals surface area contributed by atoms with Gasteiger partial charge in [-0.1, -0.05) is 12.1 Å². The van der Waals surface area contributed by atoms with E-state index in [1.54, 1.807) is 50.2 Å². The lowest BCUT2D eigenvalue weighted by Gasteiger charge is -2.15. The van der Waals surface area contributed by atoms with Crippen LogP contribution in [0.4, 0.5) is 5.69 Å². The predicted octanol–water partition coefficient (Wildman–Crippen LogP) is 3.49. The van der Waals surface area contributed by atoms with Crippen LogP contribution in [0.15, 0.2) is 48.5 Å². The molecule has 0 fully saturated rings. The van der Waals surface area contributed by atoms with Crippen molar-refractivity contribution in [1.82, 2.24) is 0 Å². The minimum absolute atomic E-state index is 0.161. The molecule has 1 N–H and O–H groups in total. The summed E-state index contributed by atoms with van der Waals surface area (Å²) in [5.74, 6) is 0.479. The lowest BCUT2D eigenvalue weighted by molar-refractivity contribution is -0.122. The molecule has 0 aliphatic heterocycles. The van der Waals surface area contributed by atoms with Gasteiger partial charge in [-0.3, -0.25) is 4.79 Å². The number of ether oxygens (including phenoxy) is 1. The van der Waals surface area contributed by atoms with Gasteiger partial charge >= 0.3 is 0 Å². The van der Waals surface area contributed by atoms with Crippen LogP contribution in [0, 0.1) is 11.3 Å². The van der Waals surface area contributed by atoms with E-state index in [1.165, 1.54) is 0 Å². The SMILES string of the molecule is CC(=O)CCc1ccc(OC(C)C(=O)Nc2ccc(C#N)cc2)cc1. The number of nitrogens with one attached hydrogen (secondary N) is 1. The Morgan fingerprint density at radius 3 is 2.32 bits per heavy atom. The third kappa shape index (κ3) is 5.78. The van der Waals surface area contributed by atoms with Gasteiger partial charge in [0.15, 0.2) is 6.10 Å². The Kier molecular flexibility index (Phi) is 6.30. The van der Waals surface area contributed by atoms with E-state index >= 15 is 0 Å². The zero-order valence-electron chi connectivity index (χ0n) is 14.3. The molecule has 0 aliphatic rings. The van der Waals surface area contributed by atoms with Crippen molar-refractivity contribution in [2.75, 3.05) is 5.32 Å². The zero-order chi connectivity index (χ0) is 18.2. The summed E-state index contributed by atoms with van der Waals surface area (Å²) in [5.41, 5.74) is 2.20. The maximum absolute atomic E-state index is 12.2. The Balaban J connectivity index is 1.89. The van der Waals surface area contributed by atoms with Gasteiger partial charge < -0.3 is 14.8 Å². The minimum Gasteiger partial charge on any atom is -0.481 e. The van der Waals surface area contributed by atoms with Crippen LogP contribution >= 0.6 is 0 Å². The van der Waals surface area contributed by atoms with Crippen LogP contribution in [0.5, 0.6) is 5.75 Å². The highest BCUT2D eigenvalue weighted by atomic mass is 16.5. The van der Waals surface area contributed by atoms with Gasteiger partial charge in [-0.15, -0.1) is 0 Å². The van der Waals surface area contributed by atoms with E-state index in [0.29, 0.717) is 29.8 Å². The van der Waals surface area contributed by atoms with Crippen molar-refractivity contribution in [3.05, 3.63) is 59.7 Å². The average molecular weight is 336 g/mol. The highest BCUT2D eigenvalue weighted by molar-refractivity contribution is 5.94. The molecule has 5 nitrogen and oxygen atoms in total. The van der Waals surface area contributed by atoms with Gasteiger partial charge in [-0.05, 0) is 62.2 Å². The van der Waals surface area contributed by atoms with Gasteiger partial charge in [0.25, 0.3) is 5.91 Å². The second-order valence-electron chi connectivity index (χ2n) is 5.78. The number of Topliss-reactive ketones (excluding diaryl/α,β-unsaturated/α-hetero) is 1. The van der Waals surface area contributed by atoms with Crippen LogP contribution in [-0.4, -0.2) is 17.8 Å². The number of carbonyl (C=O) groups excluding carboxylic acids is 2. The number of amides is 1. The number of hydrogen-bond donors (Lipinski definition) is 1. The van der Waals surface area contributed by atoms with E-state index in [9.17, 15) is 9.59 Å². The van der Waals surface area contributed by atoms with Gasteiger partial charge in [0, 0.05) is 12.1 Å². The number of anilines is 1. The first kappa shape index (κ1) is 18.2. The number of benzene rings is 2. The summed E-state index contributed by atoms with van der Waals surface area (Å²) in [4.78, 5) is 23.2. The summed E-state index contributed by atoms with van der Waals surface area (Å²) in [7, 11) is 0. The quantitative estimate of drug-likeness (QED) is 0.839. The van der Waals surface area contributed by atoms with Crippen molar-refractivity contribution >= 4 is 17.4 Å². The average Bonchev–Trinajstić information content (AvgIpc) is 2.61. The normalized spacial score (nSPS) is 11.2. The zero-order valence-corrected chi connectivity index (χ0v) is 14.3. The number of nitriles is 1. The lowest BCUT2D eigenvalue weighted by atomic mass is 10.1. The third-order valence-corrected chi connectivity index (χ3v) is 3.65. The van der Waals surface area contributed by atoms with Crippen LogP contribution < -0.4 is 10.1 Å². The molecule has 2 rings (SSSR count). The van der Waals surface area contributed by atoms with Crippen molar-refractivity contribution in [2.24, 2.45) is 0 Å². The van der Waals surface area contributed by atoms with Crippen molar-refractivity contribution in [3.8, 4) is 11.8 Å². The predicted molar refractivity (Wildman–Crippen MR) is 95.3 cm³/mol. The minimum atomic E-state index is -0.668. The molecular formula is C20H20N2O3. The second-order valence-corrected chi connectivity index (χ2v) is 5.78. The molecule has 1 amide bonds. The Hall–Kier alpha value is -3.13. The molecule has 0 saturated heterocycles. The molecule has 0 heterocycles. The molecule has 0 aliphatic carbocycles. The van der Waals surface area contributed by atoms with Gasteiger partial charge in [0.05, 0.1) is 11.6 Å². The standard InChI is InChI=1S/C20H20N2O3/c1-14(23)3-4-16-7-11-19(12-8-16)25-15(2)20(24)22-18-9-5-17(13-21)6-10-18/h5-12,15H,3-4H2,1-2H3,(H,22,24). The molecule has 0 aromatic heterocycles. The van der Waals surface area contributed by atoms with E-state index in [0.717, 1.165) is 5.56 Å². The topological polar surface area (TPSA) is 79.2 Å². The number of aryl methyl sites for hydroxylation is 1. The molecule has 0 spiro atoms. The van der Waals surface area contributed by atoms with Crippen molar-refractivity contribution in [2.45, 2.75) is 32.8 Å². The summed E-state index contributed by atoms with van der Waals surface area (Å²) in [6, 6.07) is 16.0. The number of ketones is 1. The highest BCUT2D eigenvalue weighted by Crippen LogP contribution is 2.16. The van der Waals surface area contributed by atoms with Crippen LogP contribution in [0.1, 0.15) is 31.4 Å². The fraction of sp³-hybridized carbons (Fsp3) is 0.250. The molecule has 1 unspecified atom stereocenters. The largest absolute Gasteiger partial charge is 0.481 e. The molecule has 0 bridgehead atoms. The fourth-order valence-corrected chi connectivity index (χ4v) is 2.18. The summed E-state index contributed by atoms with van der Waals surface area (Å²) in [6.07, 6.45) is 0.548. The van der Waals surface area contributed by atoms with Gasteiger partial charge in [-0.2, -0.15) is 5.26 Å². The van der Waals surface area contributed by atoms with Crippen LogP contribution in [0.25, 0.3) is 0 Å². The van der Waals surface area contributed by atoms with E-state index in [1.807, 2.05) is 18.2 Å². The first-order valence-corrected chi connectivity index (χ1v) is 8.04. The van der Waals surface area contributed by atoms with Gasteiger partial charge in [-0.25, -0.2) is 0 Å². The lowest BCUT2D eigenvalue weighted by Crippen LogP contribution is -2.30. The highest BCUT2D eigenvalue weighted by Gasteiger charge is 2.15. The molecule has 0 radical (unpaired) electrons. The van der Waals surface area contributed by atoms with Crippen LogP contribution in [-0.2, 0) is 16.0 Å². The van der Waals surface area contributed by atoms with Crippen LogP contribution in [0.3, 0.4) is 0 Å². The van der Waals surface area contributed by atoms with Crippen molar-refractivity contribution in [1.29, 1.82) is 5.26 Å². The smallest absolute Gasteiger partial charge is 0.265 e. The van der Waals surface area contributed by atoms with Crippen molar-refractivity contribution < 1.29 is 14.3 Å². The molecule has 2 aromatic rings. The number of rotatable bonds is 7. The maximum Gasteiger partial charge on any atom is 0.265 e. The van der Waals surface area contributed by atoms with E-state index in [4.69, 9.17) is 10.00 Å². The summed E-state index contributed by atoms with van der Waals surface area (Å²) < 4.78 is 5.64. The second kappa shape index (κ2) is 8.65. The first-order chi connectivity index (χ1) is 12.0. The number of hydrogen-bond acceptors (Lipinski definition) is 4. The summed E-state index contributed by atoms with van der Waals surface area (Å²) in [6.45, 7) is 3.24. The molecular weight excluding hydrogens is 316 g/mol. The fourth-order valence-electron chi connectivity index (χ4n) is 2.18. The third-order valence-electron chi connectivity index (χ3n) is 3.65. The molecule has 5 heteroatoms. The monoisotopic (exact) mass is 336 g/mol. The number of nitrogens with zero attached hydrogens (tertiary/aromatic N) is 1. The van der Waals surface area contributed by atoms with E-state index in [2.05, 4.69) is 5.32 Å². The maximum atomic E-state index is 12.2. The van der Waals surface area contributed by atoms with Gasteiger partial charge in [0.2, 0.25) is 0 Å². The first-order valence-electron chi connectivity index (χ1n) is 8.04. The van der Waals surface area contributed by atoms with Gasteiger partial charge in [0.1, 0.15) is 11.5 Å². The summed E-state index contributed by atoms with van der Waals surface area (Å²) in [5, 5.41) is 11.5. The Labute approximate surface area is 147 Å². The molecule has 2 aromatic carbocycles. The van der Waals surface area contributed by atoms with Crippen molar-refractivity contribution in [3.63, 3.8) is 0 Å². The molecule has 128 valence electrons. The van der Waals surface area contributed by atoms with Crippen LogP contribution in [0.2, 0.25) is 0 Å². The molecule has 1 atom stereocenters. The summed E-state index contributed by atoms with van der Waals surface area (Å²) >= 11 is 0. The van der Waals surface area contributed by atoms with E-state index < -0.39 is 6.10 Å². The molecule has 25 heavy (non-hydrogen) atoms.